The molecule has 0 amide bonds. The van der Waals surface area contributed by atoms with Crippen LogP contribution in [-0.4, -0.2) is 0 Å². The molecule has 0 spiro atoms. The summed E-state index contributed by atoms with van der Waals surface area (Å²) in [5, 5.41) is 0.791. The summed E-state index contributed by atoms with van der Waals surface area (Å²) in [4.78, 5) is 0. The molecule has 0 aromatic heterocycles. The number of allylic oxidation sites excluding steroid dienone is 1. The highest BCUT2D eigenvalue weighted by atomic mass is 35.5. The zero-order valence-corrected chi connectivity index (χ0v) is 9.48. The first-order chi connectivity index (χ1) is 7.84. The van der Waals surface area contributed by atoms with Gasteiger partial charge in [-0.3, -0.25) is 0 Å². The Morgan fingerprint density at radius 1 is 0.875 bits per heavy atom. The molecule has 1 aliphatic rings. The Morgan fingerprint density at radius 2 is 1.62 bits per heavy atom. The predicted molar refractivity (Wildman–Crippen MR) is 68.8 cm³/mol. The normalized spacial score (nSPS) is 17.4. The summed E-state index contributed by atoms with van der Waals surface area (Å²) in [5.41, 5.74) is 4.00. The quantitative estimate of drug-likeness (QED) is 0.672. The minimum Gasteiger partial charge on any atom is -0.0843 e. The molecule has 3 rings (SSSR count). The van der Waals surface area contributed by atoms with E-state index >= 15 is 0 Å². The largest absolute Gasteiger partial charge is 0.0843 e. The Labute approximate surface area is 100 Å². The number of rotatable bonds is 1. The number of hydrogen-bond acceptors (Lipinski definition) is 0. The van der Waals surface area contributed by atoms with Crippen molar-refractivity contribution < 1.29 is 0 Å². The number of halogens is 1. The van der Waals surface area contributed by atoms with Gasteiger partial charge in [0.05, 0.1) is 0 Å². The summed E-state index contributed by atoms with van der Waals surface area (Å²) in [6.45, 7) is 0. The van der Waals surface area contributed by atoms with Crippen LogP contribution in [0.15, 0.2) is 54.6 Å². The maximum atomic E-state index is 5.90. The third kappa shape index (κ3) is 1.56. The summed E-state index contributed by atoms with van der Waals surface area (Å²) in [6.07, 6.45) is 4.43. The van der Waals surface area contributed by atoms with Crippen LogP contribution in [0, 0.1) is 0 Å². The van der Waals surface area contributed by atoms with Gasteiger partial charge in [0.25, 0.3) is 0 Å². The molecular weight excluding hydrogens is 216 g/mol. The van der Waals surface area contributed by atoms with Crippen LogP contribution in [-0.2, 0) is 0 Å². The second kappa shape index (κ2) is 3.80. The minimum absolute atomic E-state index is 0.383. The van der Waals surface area contributed by atoms with Crippen molar-refractivity contribution in [3.63, 3.8) is 0 Å². The fourth-order valence-corrected chi connectivity index (χ4v) is 2.34. The third-order valence-corrected chi connectivity index (χ3v) is 3.28. The van der Waals surface area contributed by atoms with Crippen molar-refractivity contribution in [1.29, 1.82) is 0 Å². The molecule has 78 valence electrons. The maximum Gasteiger partial charge on any atom is 0.0406 e. The van der Waals surface area contributed by atoms with Crippen molar-refractivity contribution in [2.45, 2.75) is 5.92 Å². The van der Waals surface area contributed by atoms with Gasteiger partial charge in [-0.15, -0.1) is 0 Å². The van der Waals surface area contributed by atoms with Crippen molar-refractivity contribution in [2.75, 3.05) is 0 Å². The van der Waals surface area contributed by atoms with E-state index in [2.05, 4.69) is 48.6 Å². The topological polar surface area (TPSA) is 0 Å². The Hall–Kier alpha value is -1.53. The van der Waals surface area contributed by atoms with E-state index in [1.807, 2.05) is 12.1 Å². The van der Waals surface area contributed by atoms with E-state index in [1.165, 1.54) is 16.7 Å². The summed E-state index contributed by atoms with van der Waals surface area (Å²) in [5.74, 6) is 0.383. The lowest BCUT2D eigenvalue weighted by molar-refractivity contribution is 1.05. The lowest BCUT2D eigenvalue weighted by Crippen LogP contribution is -1.94. The van der Waals surface area contributed by atoms with E-state index in [1.54, 1.807) is 0 Å². The number of hydrogen-bond donors (Lipinski definition) is 0. The van der Waals surface area contributed by atoms with Gasteiger partial charge in [-0.2, -0.15) is 0 Å². The fraction of sp³-hybridized carbons (Fsp3) is 0.0667. The Morgan fingerprint density at radius 3 is 2.44 bits per heavy atom. The van der Waals surface area contributed by atoms with Gasteiger partial charge < -0.3 is 0 Å². The highest BCUT2D eigenvalue weighted by Gasteiger charge is 2.17. The molecule has 1 unspecified atom stereocenters. The highest BCUT2D eigenvalue weighted by Crippen LogP contribution is 2.35. The molecule has 0 bridgehead atoms. The minimum atomic E-state index is 0.383. The van der Waals surface area contributed by atoms with Gasteiger partial charge in [0, 0.05) is 10.9 Å². The summed E-state index contributed by atoms with van der Waals surface area (Å²) in [6, 6.07) is 16.6. The van der Waals surface area contributed by atoms with Crippen LogP contribution < -0.4 is 0 Å². The second-order valence-electron chi connectivity index (χ2n) is 4.02. The average Bonchev–Trinajstić information content (AvgIpc) is 2.74. The lowest BCUT2D eigenvalue weighted by Gasteiger charge is -2.11. The van der Waals surface area contributed by atoms with Crippen LogP contribution in [0.5, 0.6) is 0 Å². The molecule has 1 heteroatoms. The van der Waals surface area contributed by atoms with Gasteiger partial charge in [0.15, 0.2) is 0 Å². The number of fused-ring (bicyclic) bond motifs is 1. The molecule has 0 aliphatic heterocycles. The van der Waals surface area contributed by atoms with E-state index in [4.69, 9.17) is 11.6 Å². The molecule has 0 radical (unpaired) electrons. The van der Waals surface area contributed by atoms with Crippen molar-refractivity contribution in [3.8, 4) is 0 Å². The molecule has 1 aliphatic carbocycles. The molecular formula is C15H11Cl. The van der Waals surface area contributed by atoms with Crippen LogP contribution in [0.2, 0.25) is 5.02 Å². The van der Waals surface area contributed by atoms with Crippen LogP contribution in [0.4, 0.5) is 0 Å². The smallest absolute Gasteiger partial charge is 0.0406 e. The van der Waals surface area contributed by atoms with Crippen molar-refractivity contribution in [1.82, 2.24) is 0 Å². The first-order valence-electron chi connectivity index (χ1n) is 5.37. The van der Waals surface area contributed by atoms with Crippen molar-refractivity contribution in [2.24, 2.45) is 0 Å². The molecule has 0 fully saturated rings. The first-order valence-corrected chi connectivity index (χ1v) is 5.75. The molecule has 0 saturated heterocycles. The average molecular weight is 227 g/mol. The van der Waals surface area contributed by atoms with Crippen molar-refractivity contribution >= 4 is 17.7 Å². The van der Waals surface area contributed by atoms with E-state index in [0.29, 0.717) is 5.92 Å². The first kappa shape index (κ1) is 9.68. The standard InChI is InChI=1S/C15H11Cl/c16-13-8-5-12(6-9-13)15-10-7-11-3-1-2-4-14(11)15/h1-10,15H. The molecule has 16 heavy (non-hydrogen) atoms. The van der Waals surface area contributed by atoms with E-state index < -0.39 is 0 Å². The summed E-state index contributed by atoms with van der Waals surface area (Å²) >= 11 is 5.90. The van der Waals surface area contributed by atoms with E-state index in [0.717, 1.165) is 5.02 Å². The zero-order valence-electron chi connectivity index (χ0n) is 8.73. The monoisotopic (exact) mass is 226 g/mol. The van der Waals surface area contributed by atoms with Crippen molar-refractivity contribution in [3.05, 3.63) is 76.3 Å². The number of benzene rings is 2. The van der Waals surface area contributed by atoms with Crippen LogP contribution in [0.3, 0.4) is 0 Å². The highest BCUT2D eigenvalue weighted by molar-refractivity contribution is 6.30. The van der Waals surface area contributed by atoms with Gasteiger partial charge in [0.1, 0.15) is 0 Å². The summed E-state index contributed by atoms with van der Waals surface area (Å²) in [7, 11) is 0. The zero-order chi connectivity index (χ0) is 11.0. The molecule has 1 atom stereocenters. The Kier molecular flexibility index (Phi) is 2.30. The van der Waals surface area contributed by atoms with Crippen LogP contribution in [0.1, 0.15) is 22.6 Å². The third-order valence-electron chi connectivity index (χ3n) is 3.03. The molecule has 0 heterocycles. The molecule has 0 nitrogen and oxygen atoms in total. The van der Waals surface area contributed by atoms with Gasteiger partial charge in [0.2, 0.25) is 0 Å². The van der Waals surface area contributed by atoms with Gasteiger partial charge in [-0.25, -0.2) is 0 Å². The van der Waals surface area contributed by atoms with Gasteiger partial charge in [-0.1, -0.05) is 60.2 Å². The fourth-order valence-electron chi connectivity index (χ4n) is 2.21. The van der Waals surface area contributed by atoms with Crippen LogP contribution in [0.25, 0.3) is 6.08 Å². The SMILES string of the molecule is Clc1ccc(C2C=Cc3ccccc32)cc1. The Bertz CT molecular complexity index is 538. The van der Waals surface area contributed by atoms with E-state index in [-0.39, 0.29) is 0 Å². The molecule has 0 N–H and O–H groups in total. The molecule has 2 aromatic rings. The maximum absolute atomic E-state index is 5.90. The van der Waals surface area contributed by atoms with Gasteiger partial charge in [-0.05, 0) is 28.8 Å². The second-order valence-corrected chi connectivity index (χ2v) is 4.45. The van der Waals surface area contributed by atoms with Crippen LogP contribution >= 0.6 is 11.6 Å². The predicted octanol–water partition coefficient (Wildman–Crippen LogP) is 4.50. The lowest BCUT2D eigenvalue weighted by atomic mass is 9.93. The molecule has 0 saturated carbocycles. The molecule has 2 aromatic carbocycles. The van der Waals surface area contributed by atoms with Gasteiger partial charge >= 0.3 is 0 Å². The van der Waals surface area contributed by atoms with E-state index in [9.17, 15) is 0 Å². The summed E-state index contributed by atoms with van der Waals surface area (Å²) < 4.78 is 0. The Balaban J connectivity index is 2.05.